The summed E-state index contributed by atoms with van der Waals surface area (Å²) in [5.41, 5.74) is 7.32. The average molecular weight is 341 g/mol. The van der Waals surface area contributed by atoms with Gasteiger partial charge in [-0.25, -0.2) is 4.79 Å². The summed E-state index contributed by atoms with van der Waals surface area (Å²) in [5, 5.41) is 5.68. The van der Waals surface area contributed by atoms with Gasteiger partial charge in [0.05, 0.1) is 6.54 Å². The summed E-state index contributed by atoms with van der Waals surface area (Å²) in [4.78, 5) is 25.3. The standard InChI is InChI=1S/C16H24N4O2.ClH/c1-12-4-6-14(7-5-12)19-16(22)18-10-13-3-2-8-20(11-13)15(21)9-17;/h4-7,13H,2-3,8-11,17H2,1H3,(H2,18,19,22);1H. The summed E-state index contributed by atoms with van der Waals surface area (Å²) >= 11 is 0. The number of piperidine rings is 1. The summed E-state index contributed by atoms with van der Waals surface area (Å²) in [6.07, 6.45) is 1.97. The monoisotopic (exact) mass is 340 g/mol. The molecule has 1 atom stereocenters. The van der Waals surface area contributed by atoms with Crippen LogP contribution in [0.4, 0.5) is 10.5 Å². The van der Waals surface area contributed by atoms with Crippen LogP contribution in [0.3, 0.4) is 0 Å². The normalized spacial score (nSPS) is 17.1. The van der Waals surface area contributed by atoms with Crippen molar-refractivity contribution < 1.29 is 9.59 Å². The van der Waals surface area contributed by atoms with Gasteiger partial charge in [0.2, 0.25) is 5.91 Å². The zero-order valence-electron chi connectivity index (χ0n) is 13.4. The molecule has 0 saturated carbocycles. The van der Waals surface area contributed by atoms with Crippen molar-refractivity contribution in [3.63, 3.8) is 0 Å². The molecule has 0 bridgehead atoms. The number of nitrogens with two attached hydrogens (primary N) is 1. The van der Waals surface area contributed by atoms with Crippen LogP contribution in [-0.2, 0) is 4.79 Å². The van der Waals surface area contributed by atoms with Gasteiger partial charge in [0.25, 0.3) is 0 Å². The Kier molecular flexibility index (Phi) is 7.85. The van der Waals surface area contributed by atoms with Crippen molar-refractivity contribution in [2.45, 2.75) is 19.8 Å². The van der Waals surface area contributed by atoms with Gasteiger partial charge in [0, 0.05) is 25.3 Å². The number of aryl methyl sites for hydroxylation is 1. The van der Waals surface area contributed by atoms with E-state index in [4.69, 9.17) is 5.73 Å². The number of amides is 3. The van der Waals surface area contributed by atoms with Gasteiger partial charge in [-0.3, -0.25) is 4.79 Å². The second kappa shape index (κ2) is 9.37. The molecule has 6 nitrogen and oxygen atoms in total. The molecule has 7 heteroatoms. The SMILES string of the molecule is Cc1ccc(NC(=O)NCC2CCCN(C(=O)CN)C2)cc1.Cl. The minimum absolute atomic E-state index is 0. The number of rotatable bonds is 4. The van der Waals surface area contributed by atoms with Crippen LogP contribution in [0.25, 0.3) is 0 Å². The lowest BCUT2D eigenvalue weighted by atomic mass is 9.98. The predicted molar refractivity (Wildman–Crippen MR) is 93.8 cm³/mol. The zero-order valence-corrected chi connectivity index (χ0v) is 14.2. The molecule has 0 radical (unpaired) electrons. The Hall–Kier alpha value is -1.79. The van der Waals surface area contributed by atoms with Crippen LogP contribution < -0.4 is 16.4 Å². The molecule has 1 aromatic rings. The smallest absolute Gasteiger partial charge is 0.319 e. The van der Waals surface area contributed by atoms with Crippen molar-refractivity contribution in [3.05, 3.63) is 29.8 Å². The second-order valence-electron chi connectivity index (χ2n) is 5.75. The maximum atomic E-state index is 11.9. The third kappa shape index (κ3) is 6.08. The van der Waals surface area contributed by atoms with E-state index in [0.717, 1.165) is 30.6 Å². The lowest BCUT2D eigenvalue weighted by molar-refractivity contribution is -0.131. The zero-order chi connectivity index (χ0) is 15.9. The highest BCUT2D eigenvalue weighted by molar-refractivity contribution is 5.89. The number of hydrogen-bond acceptors (Lipinski definition) is 3. The fraction of sp³-hybridized carbons (Fsp3) is 0.500. The number of carbonyl (C=O) groups is 2. The number of likely N-dealkylation sites (tertiary alicyclic amines) is 1. The quantitative estimate of drug-likeness (QED) is 0.780. The van der Waals surface area contributed by atoms with Gasteiger partial charge >= 0.3 is 6.03 Å². The van der Waals surface area contributed by atoms with E-state index in [2.05, 4.69) is 10.6 Å². The van der Waals surface area contributed by atoms with Crippen molar-refractivity contribution in [2.75, 3.05) is 31.5 Å². The summed E-state index contributed by atoms with van der Waals surface area (Å²) < 4.78 is 0. The molecule has 128 valence electrons. The topological polar surface area (TPSA) is 87.5 Å². The van der Waals surface area contributed by atoms with E-state index in [1.807, 2.05) is 31.2 Å². The van der Waals surface area contributed by atoms with Crippen molar-refractivity contribution in [3.8, 4) is 0 Å². The molecule has 3 amide bonds. The van der Waals surface area contributed by atoms with Gasteiger partial charge in [-0.05, 0) is 37.8 Å². The molecule has 1 aromatic carbocycles. The Morgan fingerprint density at radius 3 is 2.65 bits per heavy atom. The van der Waals surface area contributed by atoms with E-state index in [1.165, 1.54) is 0 Å². The number of nitrogens with one attached hydrogen (secondary N) is 2. The van der Waals surface area contributed by atoms with E-state index in [0.29, 0.717) is 13.1 Å². The Bertz CT molecular complexity index is 521. The van der Waals surface area contributed by atoms with Gasteiger partial charge in [-0.1, -0.05) is 17.7 Å². The molecule has 1 heterocycles. The maximum absolute atomic E-state index is 11.9. The summed E-state index contributed by atoms with van der Waals surface area (Å²) in [6, 6.07) is 7.43. The lowest BCUT2D eigenvalue weighted by Crippen LogP contribution is -2.46. The molecular weight excluding hydrogens is 316 g/mol. The Morgan fingerprint density at radius 2 is 2.00 bits per heavy atom. The van der Waals surface area contributed by atoms with E-state index in [9.17, 15) is 9.59 Å². The van der Waals surface area contributed by atoms with Crippen LogP contribution in [-0.4, -0.2) is 43.0 Å². The van der Waals surface area contributed by atoms with Crippen LogP contribution >= 0.6 is 12.4 Å². The summed E-state index contributed by atoms with van der Waals surface area (Å²) in [5.74, 6) is 0.266. The number of halogens is 1. The van der Waals surface area contributed by atoms with Gasteiger partial charge in [0.15, 0.2) is 0 Å². The van der Waals surface area contributed by atoms with Crippen molar-refractivity contribution in [1.82, 2.24) is 10.2 Å². The van der Waals surface area contributed by atoms with Gasteiger partial charge < -0.3 is 21.3 Å². The first-order chi connectivity index (χ1) is 10.6. The largest absolute Gasteiger partial charge is 0.341 e. The molecule has 1 aliphatic rings. The van der Waals surface area contributed by atoms with Gasteiger partial charge in [-0.15, -0.1) is 12.4 Å². The molecule has 1 unspecified atom stereocenters. The van der Waals surface area contributed by atoms with Crippen LogP contribution in [0.1, 0.15) is 18.4 Å². The minimum atomic E-state index is -0.217. The number of nitrogens with zero attached hydrogens (tertiary/aromatic N) is 1. The van der Waals surface area contributed by atoms with Gasteiger partial charge in [0.1, 0.15) is 0 Å². The van der Waals surface area contributed by atoms with Crippen molar-refractivity contribution in [1.29, 1.82) is 0 Å². The highest BCUT2D eigenvalue weighted by Crippen LogP contribution is 2.15. The van der Waals surface area contributed by atoms with Crippen LogP contribution in [0.2, 0.25) is 0 Å². The Balaban J connectivity index is 0.00000264. The summed E-state index contributed by atoms with van der Waals surface area (Å²) in [6.45, 7) is 4.05. The number of benzene rings is 1. The van der Waals surface area contributed by atoms with Gasteiger partial charge in [-0.2, -0.15) is 0 Å². The number of carbonyl (C=O) groups excluding carboxylic acids is 2. The van der Waals surface area contributed by atoms with E-state index < -0.39 is 0 Å². The van der Waals surface area contributed by atoms with Crippen molar-refractivity contribution >= 4 is 30.0 Å². The number of hydrogen-bond donors (Lipinski definition) is 3. The number of anilines is 1. The average Bonchev–Trinajstić information content (AvgIpc) is 2.54. The fourth-order valence-corrected chi connectivity index (χ4v) is 2.64. The third-order valence-corrected chi connectivity index (χ3v) is 3.91. The van der Waals surface area contributed by atoms with Crippen molar-refractivity contribution in [2.24, 2.45) is 11.7 Å². The first-order valence-electron chi connectivity index (χ1n) is 7.68. The molecular formula is C16H25ClN4O2. The third-order valence-electron chi connectivity index (χ3n) is 3.91. The maximum Gasteiger partial charge on any atom is 0.319 e. The number of urea groups is 1. The second-order valence-corrected chi connectivity index (χ2v) is 5.75. The highest BCUT2D eigenvalue weighted by Gasteiger charge is 2.23. The highest BCUT2D eigenvalue weighted by atomic mass is 35.5. The molecule has 0 aromatic heterocycles. The molecule has 0 spiro atoms. The van der Waals surface area contributed by atoms with E-state index in [1.54, 1.807) is 4.90 Å². The van der Waals surface area contributed by atoms with E-state index >= 15 is 0 Å². The molecule has 0 aliphatic carbocycles. The minimum Gasteiger partial charge on any atom is -0.341 e. The van der Waals surface area contributed by atoms with Crippen LogP contribution in [0.15, 0.2) is 24.3 Å². The fourth-order valence-electron chi connectivity index (χ4n) is 2.64. The molecule has 2 rings (SSSR count). The van der Waals surface area contributed by atoms with Crippen LogP contribution in [0.5, 0.6) is 0 Å². The first kappa shape index (κ1) is 19.3. The lowest BCUT2D eigenvalue weighted by Gasteiger charge is -2.32. The summed E-state index contributed by atoms with van der Waals surface area (Å²) in [7, 11) is 0. The molecule has 1 fully saturated rings. The Labute approximate surface area is 143 Å². The first-order valence-corrected chi connectivity index (χ1v) is 7.68. The molecule has 1 saturated heterocycles. The van der Waals surface area contributed by atoms with Crippen LogP contribution in [0, 0.1) is 12.8 Å². The molecule has 1 aliphatic heterocycles. The van der Waals surface area contributed by atoms with E-state index in [-0.39, 0.29) is 36.8 Å². The molecule has 23 heavy (non-hydrogen) atoms. The Morgan fingerprint density at radius 1 is 1.30 bits per heavy atom. The predicted octanol–water partition coefficient (Wildman–Crippen LogP) is 1.74. The molecule has 4 N–H and O–H groups in total.